The number of thioether (sulfide) groups is 1. The lowest BCUT2D eigenvalue weighted by Gasteiger charge is -2.13. The van der Waals surface area contributed by atoms with Gasteiger partial charge in [-0.05, 0) is 65.7 Å². The van der Waals surface area contributed by atoms with Crippen LogP contribution in [0, 0.1) is 17.0 Å². The van der Waals surface area contributed by atoms with Crippen molar-refractivity contribution in [2.24, 2.45) is 0 Å². The predicted octanol–water partition coefficient (Wildman–Crippen LogP) is 5.73. The molecular weight excluding hydrogens is 468 g/mol. The van der Waals surface area contributed by atoms with E-state index in [2.05, 4.69) is 0 Å². The first kappa shape index (κ1) is 24.0. The second kappa shape index (κ2) is 10.4. The summed E-state index contributed by atoms with van der Waals surface area (Å²) >= 11 is 0.901. The number of non-ortho nitro benzene ring substituents is 1. The fourth-order valence-electron chi connectivity index (χ4n) is 3.55. The van der Waals surface area contributed by atoms with Crippen LogP contribution in [0.25, 0.3) is 6.08 Å². The van der Waals surface area contributed by atoms with Crippen molar-refractivity contribution >= 4 is 34.7 Å². The molecular formula is C26H22N2O6S. The van der Waals surface area contributed by atoms with Gasteiger partial charge in [0.2, 0.25) is 0 Å². The van der Waals surface area contributed by atoms with Crippen molar-refractivity contribution in [1.29, 1.82) is 0 Å². The van der Waals surface area contributed by atoms with Crippen LogP contribution >= 0.6 is 11.8 Å². The third-order valence-corrected chi connectivity index (χ3v) is 6.23. The highest BCUT2D eigenvalue weighted by molar-refractivity contribution is 8.18. The fourth-order valence-corrected chi connectivity index (χ4v) is 4.39. The monoisotopic (exact) mass is 490 g/mol. The van der Waals surface area contributed by atoms with E-state index in [1.54, 1.807) is 36.4 Å². The van der Waals surface area contributed by atoms with Crippen molar-refractivity contribution in [3.63, 3.8) is 0 Å². The lowest BCUT2D eigenvalue weighted by molar-refractivity contribution is -0.384. The Bertz CT molecular complexity index is 1320. The van der Waals surface area contributed by atoms with Crippen molar-refractivity contribution < 1.29 is 24.0 Å². The molecule has 9 heteroatoms. The summed E-state index contributed by atoms with van der Waals surface area (Å²) in [4.78, 5) is 37.4. The van der Waals surface area contributed by atoms with Gasteiger partial charge in [-0.15, -0.1) is 0 Å². The summed E-state index contributed by atoms with van der Waals surface area (Å²) in [5.74, 6) is 0.598. The van der Waals surface area contributed by atoms with E-state index in [9.17, 15) is 19.7 Å². The van der Waals surface area contributed by atoms with Crippen molar-refractivity contribution in [3.05, 3.63) is 104 Å². The SMILES string of the molecule is COc1ccc(/C=C2\SC(=O)N(Cc3cccc(C)c3)C2=O)cc1OCc1ccc([N+](=O)[O-])cc1. The molecule has 0 spiro atoms. The van der Waals surface area contributed by atoms with Gasteiger partial charge >= 0.3 is 0 Å². The Morgan fingerprint density at radius 2 is 1.77 bits per heavy atom. The number of methoxy groups -OCH3 is 1. The molecule has 3 aromatic carbocycles. The summed E-state index contributed by atoms with van der Waals surface area (Å²) in [6, 6.07) is 19.0. The molecule has 1 aliphatic heterocycles. The minimum absolute atomic E-state index is 0.00433. The zero-order valence-electron chi connectivity index (χ0n) is 19.1. The molecule has 1 fully saturated rings. The Kier molecular flexibility index (Phi) is 7.17. The van der Waals surface area contributed by atoms with Crippen molar-refractivity contribution in [3.8, 4) is 11.5 Å². The Balaban J connectivity index is 1.50. The Morgan fingerprint density at radius 3 is 2.46 bits per heavy atom. The van der Waals surface area contributed by atoms with Crippen LogP contribution in [-0.4, -0.2) is 28.1 Å². The lowest BCUT2D eigenvalue weighted by atomic mass is 10.1. The molecule has 8 nitrogen and oxygen atoms in total. The van der Waals surface area contributed by atoms with E-state index in [4.69, 9.17) is 9.47 Å². The maximum absolute atomic E-state index is 12.9. The van der Waals surface area contributed by atoms with Crippen LogP contribution in [-0.2, 0) is 17.9 Å². The summed E-state index contributed by atoms with van der Waals surface area (Å²) < 4.78 is 11.3. The number of hydrogen-bond donors (Lipinski definition) is 0. The van der Waals surface area contributed by atoms with E-state index in [0.29, 0.717) is 22.0 Å². The van der Waals surface area contributed by atoms with Crippen LogP contribution in [0.4, 0.5) is 10.5 Å². The van der Waals surface area contributed by atoms with Crippen LogP contribution in [0.2, 0.25) is 0 Å². The molecule has 35 heavy (non-hydrogen) atoms. The number of hydrogen-bond acceptors (Lipinski definition) is 7. The first-order valence-electron chi connectivity index (χ1n) is 10.7. The van der Waals surface area contributed by atoms with Gasteiger partial charge in [0.05, 0.1) is 23.5 Å². The van der Waals surface area contributed by atoms with Gasteiger partial charge in [-0.1, -0.05) is 35.9 Å². The van der Waals surface area contributed by atoms with Crippen LogP contribution in [0.15, 0.2) is 71.6 Å². The largest absolute Gasteiger partial charge is 0.493 e. The smallest absolute Gasteiger partial charge is 0.293 e. The minimum atomic E-state index is -0.459. The van der Waals surface area contributed by atoms with E-state index in [-0.39, 0.29) is 30.0 Å². The zero-order valence-corrected chi connectivity index (χ0v) is 19.9. The fraction of sp³-hybridized carbons (Fsp3) is 0.154. The molecule has 0 radical (unpaired) electrons. The Labute approximate surface area is 206 Å². The van der Waals surface area contributed by atoms with E-state index in [1.807, 2.05) is 31.2 Å². The van der Waals surface area contributed by atoms with Gasteiger partial charge in [-0.25, -0.2) is 0 Å². The van der Waals surface area contributed by atoms with Crippen molar-refractivity contribution in [2.75, 3.05) is 7.11 Å². The van der Waals surface area contributed by atoms with Gasteiger partial charge in [0.15, 0.2) is 11.5 Å². The van der Waals surface area contributed by atoms with E-state index in [1.165, 1.54) is 24.1 Å². The number of nitrogens with zero attached hydrogens (tertiary/aromatic N) is 2. The maximum Gasteiger partial charge on any atom is 0.293 e. The maximum atomic E-state index is 12.9. The highest BCUT2D eigenvalue weighted by Gasteiger charge is 2.35. The van der Waals surface area contributed by atoms with Gasteiger partial charge in [0.25, 0.3) is 16.8 Å². The Morgan fingerprint density at radius 1 is 1.00 bits per heavy atom. The van der Waals surface area contributed by atoms with Gasteiger partial charge in [0.1, 0.15) is 6.61 Å². The van der Waals surface area contributed by atoms with Crippen LogP contribution in [0.1, 0.15) is 22.3 Å². The molecule has 1 heterocycles. The molecule has 4 rings (SSSR count). The average Bonchev–Trinajstić information content (AvgIpc) is 3.10. The molecule has 0 aromatic heterocycles. The van der Waals surface area contributed by atoms with Crippen LogP contribution in [0.5, 0.6) is 11.5 Å². The highest BCUT2D eigenvalue weighted by atomic mass is 32.2. The second-order valence-corrected chi connectivity index (χ2v) is 8.87. The van der Waals surface area contributed by atoms with Crippen LogP contribution in [0.3, 0.4) is 0 Å². The Hall–Kier alpha value is -4.11. The molecule has 2 amide bonds. The molecule has 0 bridgehead atoms. The normalized spacial score (nSPS) is 14.5. The lowest BCUT2D eigenvalue weighted by Crippen LogP contribution is -2.27. The first-order valence-corrected chi connectivity index (χ1v) is 11.5. The third kappa shape index (κ3) is 5.70. The number of benzene rings is 3. The standard InChI is InChI=1S/C26H22N2O6S/c1-17-4-3-5-20(12-17)15-27-25(29)24(35-26(27)30)14-19-8-11-22(33-2)23(13-19)34-16-18-6-9-21(10-7-18)28(31)32/h3-14H,15-16H2,1-2H3/b24-14-. The van der Waals surface area contributed by atoms with Gasteiger partial charge in [-0.2, -0.15) is 0 Å². The van der Waals surface area contributed by atoms with E-state index >= 15 is 0 Å². The number of carbonyl (C=O) groups is 2. The molecule has 0 N–H and O–H groups in total. The number of ether oxygens (including phenoxy) is 2. The number of imide groups is 1. The topological polar surface area (TPSA) is 99.0 Å². The summed E-state index contributed by atoms with van der Waals surface area (Å²) in [5, 5.41) is 10.5. The summed E-state index contributed by atoms with van der Waals surface area (Å²) in [6.07, 6.45) is 1.65. The highest BCUT2D eigenvalue weighted by Crippen LogP contribution is 2.35. The number of amides is 2. The number of aryl methyl sites for hydroxylation is 1. The van der Waals surface area contributed by atoms with Crippen molar-refractivity contribution in [1.82, 2.24) is 4.90 Å². The first-order chi connectivity index (χ1) is 16.8. The molecule has 0 atom stereocenters. The summed E-state index contributed by atoms with van der Waals surface area (Å²) in [7, 11) is 1.52. The van der Waals surface area contributed by atoms with Crippen molar-refractivity contribution in [2.45, 2.75) is 20.1 Å². The second-order valence-electron chi connectivity index (χ2n) is 7.88. The van der Waals surface area contributed by atoms with Crippen LogP contribution < -0.4 is 9.47 Å². The third-order valence-electron chi connectivity index (χ3n) is 5.32. The van der Waals surface area contributed by atoms with E-state index < -0.39 is 4.92 Å². The molecule has 0 aliphatic carbocycles. The molecule has 1 aliphatic rings. The summed E-state index contributed by atoms with van der Waals surface area (Å²) in [6.45, 7) is 2.35. The molecule has 0 saturated carbocycles. The minimum Gasteiger partial charge on any atom is -0.493 e. The molecule has 178 valence electrons. The number of rotatable bonds is 8. The molecule has 3 aromatic rings. The zero-order chi connectivity index (χ0) is 24.9. The quantitative estimate of drug-likeness (QED) is 0.226. The molecule has 1 saturated heterocycles. The van der Waals surface area contributed by atoms with E-state index in [0.717, 1.165) is 28.5 Å². The summed E-state index contributed by atoms with van der Waals surface area (Å²) in [5.41, 5.74) is 3.37. The molecule has 0 unspecified atom stereocenters. The van der Waals surface area contributed by atoms with Gasteiger partial charge < -0.3 is 9.47 Å². The average molecular weight is 491 g/mol. The van der Waals surface area contributed by atoms with Gasteiger partial charge in [-0.3, -0.25) is 24.6 Å². The predicted molar refractivity (Wildman–Crippen MR) is 133 cm³/mol. The number of nitro groups is 1. The number of carbonyl (C=O) groups excluding carboxylic acids is 2. The van der Waals surface area contributed by atoms with Gasteiger partial charge in [0, 0.05) is 12.1 Å². The number of nitro benzene ring substituents is 1.